The number of carbonyl (C=O) groups is 4. The first-order chi connectivity index (χ1) is 19.5. The van der Waals surface area contributed by atoms with Crippen LogP contribution in [0, 0.1) is 5.92 Å². The summed E-state index contributed by atoms with van der Waals surface area (Å²) in [5.74, 6) is -0.521. The van der Waals surface area contributed by atoms with Gasteiger partial charge < -0.3 is 30.4 Å². The quantitative estimate of drug-likeness (QED) is 0.256. The summed E-state index contributed by atoms with van der Waals surface area (Å²) in [5.41, 5.74) is 1.21. The van der Waals surface area contributed by atoms with E-state index in [-0.39, 0.29) is 36.8 Å². The van der Waals surface area contributed by atoms with E-state index in [0.29, 0.717) is 23.4 Å². The number of aromatic nitrogens is 3. The molecule has 1 atom stereocenters. The van der Waals surface area contributed by atoms with Gasteiger partial charge in [0.1, 0.15) is 17.6 Å². The van der Waals surface area contributed by atoms with Crippen molar-refractivity contribution in [3.63, 3.8) is 0 Å². The maximum absolute atomic E-state index is 13.3. The van der Waals surface area contributed by atoms with Crippen LogP contribution in [0.1, 0.15) is 38.1 Å². The van der Waals surface area contributed by atoms with Crippen molar-refractivity contribution >= 4 is 40.7 Å². The number of pyridine rings is 1. The third-order valence-corrected chi connectivity index (χ3v) is 6.18. The third-order valence-electron chi connectivity index (χ3n) is 6.18. The predicted octanol–water partition coefficient (Wildman–Crippen LogP) is 2.72. The van der Waals surface area contributed by atoms with Gasteiger partial charge in [-0.2, -0.15) is 0 Å². The number of anilines is 1. The Morgan fingerprint density at radius 2 is 1.90 bits per heavy atom. The topological polar surface area (TPSA) is 174 Å². The molecule has 3 rings (SSSR count). The number of carboxylic acid groups (broad SMARTS) is 1. The highest BCUT2D eigenvalue weighted by Gasteiger charge is 2.23. The van der Waals surface area contributed by atoms with Gasteiger partial charge in [0, 0.05) is 13.2 Å². The summed E-state index contributed by atoms with van der Waals surface area (Å²) < 4.78 is 6.90. The van der Waals surface area contributed by atoms with Crippen LogP contribution in [0.15, 0.2) is 53.5 Å². The van der Waals surface area contributed by atoms with Crippen LogP contribution in [-0.4, -0.2) is 63.4 Å². The summed E-state index contributed by atoms with van der Waals surface area (Å²) in [7, 11) is 2.64. The number of ether oxygens (including phenoxy) is 1. The van der Waals surface area contributed by atoms with Gasteiger partial charge in [-0.1, -0.05) is 32.1 Å². The van der Waals surface area contributed by atoms with Gasteiger partial charge in [-0.3, -0.25) is 14.4 Å². The van der Waals surface area contributed by atoms with E-state index < -0.39 is 29.7 Å². The molecule has 41 heavy (non-hydrogen) atoms. The minimum atomic E-state index is -1.23. The maximum Gasteiger partial charge on any atom is 0.417 e. The number of rotatable bonds is 11. The van der Waals surface area contributed by atoms with E-state index in [1.807, 2.05) is 6.07 Å². The molecular weight excluding hydrogens is 532 g/mol. The fourth-order valence-corrected chi connectivity index (χ4v) is 4.26. The lowest BCUT2D eigenvalue weighted by atomic mass is 10.0. The number of likely N-dealkylation sites (N-methyl/N-ethyl adjacent to an activating group) is 1. The highest BCUT2D eigenvalue weighted by molar-refractivity contribution is 5.96. The second kappa shape index (κ2) is 13.9. The number of alkyl carbamates (subject to hydrolysis) is 1. The number of allylic oxidation sites excluding steroid dienone is 1. The maximum atomic E-state index is 13.3. The first-order valence-corrected chi connectivity index (χ1v) is 13.0. The van der Waals surface area contributed by atoms with E-state index in [2.05, 4.69) is 39.5 Å². The molecule has 0 fully saturated rings. The number of methoxy groups -OCH3 is 1. The Morgan fingerprint density at radius 1 is 1.15 bits per heavy atom. The van der Waals surface area contributed by atoms with Gasteiger partial charge in [-0.05, 0) is 55.0 Å². The van der Waals surface area contributed by atoms with E-state index in [9.17, 15) is 29.1 Å². The summed E-state index contributed by atoms with van der Waals surface area (Å²) in [6, 6.07) is 7.21. The number of carbonyl (C=O) groups excluding carboxylic acids is 3. The van der Waals surface area contributed by atoms with Crippen LogP contribution in [0.4, 0.5) is 15.3 Å². The zero-order valence-electron chi connectivity index (χ0n) is 23.3. The molecule has 2 heterocycles. The zero-order chi connectivity index (χ0) is 30.1. The molecule has 3 aromatic rings. The Kier molecular flexibility index (Phi) is 10.4. The first kappa shape index (κ1) is 30.6. The highest BCUT2D eigenvalue weighted by atomic mass is 16.5. The number of nitrogens with one attached hydrogen (secondary N) is 3. The molecule has 2 aromatic heterocycles. The van der Waals surface area contributed by atoms with Gasteiger partial charge in [0.05, 0.1) is 24.7 Å². The molecule has 0 bridgehead atoms. The van der Waals surface area contributed by atoms with Crippen LogP contribution < -0.4 is 21.5 Å². The molecule has 1 unspecified atom stereocenters. The summed E-state index contributed by atoms with van der Waals surface area (Å²) >= 11 is 0. The molecule has 0 spiro atoms. The summed E-state index contributed by atoms with van der Waals surface area (Å²) in [6.45, 7) is 3.94. The molecule has 0 radical (unpaired) electrons. The van der Waals surface area contributed by atoms with Crippen LogP contribution in [0.25, 0.3) is 11.0 Å². The average molecular weight is 567 g/mol. The van der Waals surface area contributed by atoms with Crippen molar-refractivity contribution in [3.05, 3.63) is 70.4 Å². The zero-order valence-corrected chi connectivity index (χ0v) is 23.3. The molecule has 13 heteroatoms. The van der Waals surface area contributed by atoms with Crippen molar-refractivity contribution in [1.82, 2.24) is 24.8 Å². The Bertz CT molecular complexity index is 1520. The number of benzene rings is 1. The minimum absolute atomic E-state index is 0.0754. The van der Waals surface area contributed by atoms with Crippen molar-refractivity contribution in [3.8, 4) is 0 Å². The smallest absolute Gasteiger partial charge is 0.417 e. The normalized spacial score (nSPS) is 11.9. The van der Waals surface area contributed by atoms with Gasteiger partial charge in [-0.15, -0.1) is 0 Å². The lowest BCUT2D eigenvalue weighted by molar-refractivity contribution is -0.118. The second-order valence-corrected chi connectivity index (χ2v) is 9.66. The Labute approximate surface area is 236 Å². The van der Waals surface area contributed by atoms with E-state index in [1.54, 1.807) is 18.2 Å². The summed E-state index contributed by atoms with van der Waals surface area (Å²) in [4.78, 5) is 66.3. The van der Waals surface area contributed by atoms with E-state index in [4.69, 9.17) is 0 Å². The number of imidazole rings is 1. The molecule has 1 aromatic carbocycles. The summed E-state index contributed by atoms with van der Waals surface area (Å²) in [5, 5.41) is 17.3. The molecule has 0 saturated heterocycles. The number of fused-ring (bicyclic) bond motifs is 1. The predicted molar refractivity (Wildman–Crippen MR) is 152 cm³/mol. The second-order valence-electron chi connectivity index (χ2n) is 9.66. The largest absolute Gasteiger partial charge is 0.464 e. The van der Waals surface area contributed by atoms with Crippen LogP contribution in [0.5, 0.6) is 0 Å². The number of hydrogen-bond acceptors (Lipinski definition) is 7. The van der Waals surface area contributed by atoms with Crippen molar-refractivity contribution in [2.24, 2.45) is 5.92 Å². The molecule has 0 aliphatic rings. The molecular formula is C28H34N6O7. The Hall–Kier alpha value is -4.94. The van der Waals surface area contributed by atoms with Crippen LogP contribution >= 0.6 is 0 Å². The SMILES string of the molecule is CNC(=O)/C=C/CCC(NC(=O)OC)C(=O)Nc1cccn(Cc2nc3c(CC(C)C)cccc3n2C(=O)O)c1=O. The molecule has 218 valence electrons. The molecule has 0 saturated carbocycles. The number of hydrogen-bond donors (Lipinski definition) is 4. The molecule has 0 aliphatic heterocycles. The third kappa shape index (κ3) is 7.81. The average Bonchev–Trinajstić information content (AvgIpc) is 3.31. The van der Waals surface area contributed by atoms with Crippen molar-refractivity contribution < 1.29 is 29.0 Å². The van der Waals surface area contributed by atoms with Crippen LogP contribution in [0.3, 0.4) is 0 Å². The van der Waals surface area contributed by atoms with Crippen LogP contribution in [-0.2, 0) is 27.3 Å². The fraction of sp³-hybridized carbons (Fsp3) is 0.357. The van der Waals surface area contributed by atoms with Gasteiger partial charge >= 0.3 is 12.2 Å². The van der Waals surface area contributed by atoms with Crippen molar-refractivity contribution in [2.75, 3.05) is 19.5 Å². The highest BCUT2D eigenvalue weighted by Crippen LogP contribution is 2.23. The van der Waals surface area contributed by atoms with Crippen molar-refractivity contribution in [1.29, 1.82) is 0 Å². The monoisotopic (exact) mass is 566 g/mol. The fourth-order valence-electron chi connectivity index (χ4n) is 4.26. The molecule has 4 N–H and O–H groups in total. The lowest BCUT2D eigenvalue weighted by Crippen LogP contribution is -2.44. The lowest BCUT2D eigenvalue weighted by Gasteiger charge is -2.17. The van der Waals surface area contributed by atoms with Gasteiger partial charge in [0.15, 0.2) is 0 Å². The standard InChI is InChI=1S/C28H34N6O7/c1-17(2)15-18-9-7-12-21-24(18)32-22(34(21)28(39)40)16-33-14-8-11-20(26(33)37)30-25(36)19(31-27(38)41-4)10-5-6-13-23(35)29-3/h6-9,11-14,17,19H,5,10,15-16H2,1-4H3,(H,29,35)(H,30,36)(H,31,38)(H,39,40)/b13-6+. The molecule has 3 amide bonds. The van der Waals surface area contributed by atoms with E-state index in [1.165, 1.54) is 36.0 Å². The van der Waals surface area contributed by atoms with Gasteiger partial charge in [-0.25, -0.2) is 19.1 Å². The number of nitrogens with zero attached hydrogens (tertiary/aromatic N) is 3. The van der Waals surface area contributed by atoms with Gasteiger partial charge in [0.25, 0.3) is 5.56 Å². The van der Waals surface area contributed by atoms with E-state index >= 15 is 0 Å². The summed E-state index contributed by atoms with van der Waals surface area (Å²) in [6.07, 6.45) is 3.35. The minimum Gasteiger partial charge on any atom is -0.464 e. The Balaban J connectivity index is 1.88. The number of amides is 3. The van der Waals surface area contributed by atoms with Crippen molar-refractivity contribution in [2.45, 2.75) is 45.7 Å². The van der Waals surface area contributed by atoms with E-state index in [0.717, 1.165) is 17.2 Å². The van der Waals surface area contributed by atoms with Crippen LogP contribution in [0.2, 0.25) is 0 Å². The first-order valence-electron chi connectivity index (χ1n) is 13.0. The number of para-hydroxylation sites is 1. The Morgan fingerprint density at radius 3 is 2.56 bits per heavy atom. The van der Waals surface area contributed by atoms with Gasteiger partial charge in [0.2, 0.25) is 11.8 Å². The molecule has 13 nitrogen and oxygen atoms in total. The molecule has 0 aliphatic carbocycles.